The van der Waals surface area contributed by atoms with Crippen molar-refractivity contribution in [1.82, 2.24) is 0 Å². The number of anilines is 2. The lowest BCUT2D eigenvalue weighted by Gasteiger charge is -2.12. The lowest BCUT2D eigenvalue weighted by molar-refractivity contribution is 0.0600. The molecule has 3 aromatic carbocycles. The maximum absolute atomic E-state index is 12.5. The molecule has 0 radical (unpaired) electrons. The number of carbonyl (C=O) groups is 3. The Morgan fingerprint density at radius 1 is 0.667 bits per heavy atom. The summed E-state index contributed by atoms with van der Waals surface area (Å²) < 4.78 is 4.76. The van der Waals surface area contributed by atoms with Crippen molar-refractivity contribution in [3.05, 3.63) is 93.5 Å². The van der Waals surface area contributed by atoms with Crippen molar-refractivity contribution in [2.24, 2.45) is 0 Å². The summed E-state index contributed by atoms with van der Waals surface area (Å²) in [5, 5.41) is 6.41. The third-order valence-electron chi connectivity index (χ3n) is 4.08. The molecule has 0 aliphatic heterocycles. The summed E-state index contributed by atoms with van der Waals surface area (Å²) in [7, 11) is 1.24. The maximum Gasteiger partial charge on any atom is 0.337 e. The second-order valence-electron chi connectivity index (χ2n) is 6.21. The first-order valence-electron chi connectivity index (χ1n) is 8.73. The summed E-state index contributed by atoms with van der Waals surface area (Å²) in [6.07, 6.45) is 0. The molecule has 0 spiro atoms. The van der Waals surface area contributed by atoms with Gasteiger partial charge in [-0.05, 0) is 66.7 Å². The topological polar surface area (TPSA) is 84.5 Å². The van der Waals surface area contributed by atoms with Crippen LogP contribution in [0, 0.1) is 0 Å². The van der Waals surface area contributed by atoms with Gasteiger partial charge in [0.05, 0.1) is 12.7 Å². The molecule has 3 aromatic rings. The number of hydrogen-bond acceptors (Lipinski definition) is 4. The van der Waals surface area contributed by atoms with Gasteiger partial charge >= 0.3 is 5.97 Å². The number of ether oxygens (including phenoxy) is 1. The van der Waals surface area contributed by atoms with Crippen LogP contribution in [0.25, 0.3) is 0 Å². The Morgan fingerprint density at radius 3 is 1.43 bits per heavy atom. The zero-order chi connectivity index (χ0) is 21.7. The summed E-state index contributed by atoms with van der Waals surface area (Å²) >= 11 is 11.7. The van der Waals surface area contributed by atoms with Gasteiger partial charge in [0.25, 0.3) is 11.8 Å². The fourth-order valence-corrected chi connectivity index (χ4v) is 2.87. The minimum absolute atomic E-state index is 0.165. The normalized spacial score (nSPS) is 10.2. The molecular weight excluding hydrogens is 427 g/mol. The molecule has 0 saturated carbocycles. The van der Waals surface area contributed by atoms with Gasteiger partial charge in [0.2, 0.25) is 0 Å². The van der Waals surface area contributed by atoms with Gasteiger partial charge < -0.3 is 15.4 Å². The molecule has 0 bridgehead atoms. The van der Waals surface area contributed by atoms with Crippen LogP contribution in [0.3, 0.4) is 0 Å². The lowest BCUT2D eigenvalue weighted by Crippen LogP contribution is -2.15. The Bertz CT molecular complexity index is 1020. The minimum atomic E-state index is -0.611. The van der Waals surface area contributed by atoms with E-state index in [-0.39, 0.29) is 5.56 Å². The van der Waals surface area contributed by atoms with Crippen LogP contribution >= 0.6 is 23.2 Å². The van der Waals surface area contributed by atoms with Gasteiger partial charge in [0, 0.05) is 32.5 Å². The van der Waals surface area contributed by atoms with Crippen molar-refractivity contribution in [3.8, 4) is 0 Å². The van der Waals surface area contributed by atoms with Crippen LogP contribution in [0.4, 0.5) is 11.4 Å². The number of rotatable bonds is 5. The fraction of sp³-hybridized carbons (Fsp3) is 0.0455. The first-order valence-corrected chi connectivity index (χ1v) is 9.48. The van der Waals surface area contributed by atoms with Gasteiger partial charge in [-0.25, -0.2) is 4.79 Å². The van der Waals surface area contributed by atoms with Gasteiger partial charge in [0.1, 0.15) is 0 Å². The van der Waals surface area contributed by atoms with E-state index in [4.69, 9.17) is 27.9 Å². The predicted molar refractivity (Wildman–Crippen MR) is 117 cm³/mol. The average Bonchev–Trinajstić information content (AvgIpc) is 2.73. The molecule has 6 nitrogen and oxygen atoms in total. The molecule has 2 amide bonds. The monoisotopic (exact) mass is 442 g/mol. The van der Waals surface area contributed by atoms with Gasteiger partial charge in [-0.2, -0.15) is 0 Å². The van der Waals surface area contributed by atoms with Crippen molar-refractivity contribution < 1.29 is 19.1 Å². The van der Waals surface area contributed by atoms with Crippen molar-refractivity contribution in [2.75, 3.05) is 17.7 Å². The van der Waals surface area contributed by atoms with Crippen LogP contribution in [0.5, 0.6) is 0 Å². The minimum Gasteiger partial charge on any atom is -0.465 e. The lowest BCUT2D eigenvalue weighted by atomic mass is 10.1. The van der Waals surface area contributed by atoms with E-state index in [1.165, 1.54) is 25.3 Å². The predicted octanol–water partition coefficient (Wildman–Crippen LogP) is 5.28. The van der Waals surface area contributed by atoms with Crippen LogP contribution < -0.4 is 10.6 Å². The Kier molecular flexibility index (Phi) is 6.72. The molecule has 3 rings (SSSR count). The zero-order valence-electron chi connectivity index (χ0n) is 15.7. The number of benzene rings is 3. The molecule has 0 fully saturated rings. The molecular formula is C22H16Cl2N2O4. The van der Waals surface area contributed by atoms with Crippen LogP contribution in [0.15, 0.2) is 66.7 Å². The summed E-state index contributed by atoms with van der Waals surface area (Å²) in [5.41, 5.74) is 1.55. The summed E-state index contributed by atoms with van der Waals surface area (Å²) in [6, 6.07) is 17.1. The maximum atomic E-state index is 12.5. The SMILES string of the molecule is COC(=O)c1cc(NC(=O)c2ccc(Cl)cc2)cc(NC(=O)c2ccc(Cl)cc2)c1. The molecule has 0 aliphatic carbocycles. The Morgan fingerprint density at radius 2 is 1.07 bits per heavy atom. The number of halogens is 2. The van der Waals surface area contributed by atoms with Gasteiger partial charge in [-0.3, -0.25) is 9.59 Å². The second-order valence-corrected chi connectivity index (χ2v) is 7.09. The van der Waals surface area contributed by atoms with E-state index in [1.807, 2.05) is 0 Å². The quantitative estimate of drug-likeness (QED) is 0.526. The molecule has 0 aliphatic rings. The number of amides is 2. The third kappa shape index (κ3) is 5.37. The highest BCUT2D eigenvalue weighted by Crippen LogP contribution is 2.22. The molecule has 152 valence electrons. The molecule has 0 saturated heterocycles. The van der Waals surface area contributed by atoms with Gasteiger partial charge in [-0.15, -0.1) is 0 Å². The van der Waals surface area contributed by atoms with Gasteiger partial charge in [0.15, 0.2) is 0 Å². The van der Waals surface area contributed by atoms with E-state index >= 15 is 0 Å². The highest BCUT2D eigenvalue weighted by atomic mass is 35.5. The number of nitrogens with one attached hydrogen (secondary N) is 2. The summed E-state index contributed by atoms with van der Waals surface area (Å²) in [6.45, 7) is 0. The molecule has 0 unspecified atom stereocenters. The average molecular weight is 443 g/mol. The molecule has 0 atom stereocenters. The Labute approximate surface area is 182 Å². The smallest absolute Gasteiger partial charge is 0.337 e. The summed E-state index contributed by atoms with van der Waals surface area (Å²) in [4.78, 5) is 37.0. The van der Waals surface area contributed by atoms with E-state index in [0.29, 0.717) is 32.5 Å². The van der Waals surface area contributed by atoms with Crippen LogP contribution in [-0.2, 0) is 4.74 Å². The van der Waals surface area contributed by atoms with E-state index in [0.717, 1.165) is 0 Å². The highest BCUT2D eigenvalue weighted by molar-refractivity contribution is 6.31. The zero-order valence-corrected chi connectivity index (χ0v) is 17.3. The third-order valence-corrected chi connectivity index (χ3v) is 4.59. The van der Waals surface area contributed by atoms with Gasteiger partial charge in [-0.1, -0.05) is 23.2 Å². The van der Waals surface area contributed by atoms with E-state index < -0.39 is 17.8 Å². The van der Waals surface area contributed by atoms with Crippen molar-refractivity contribution in [3.63, 3.8) is 0 Å². The molecule has 2 N–H and O–H groups in total. The largest absolute Gasteiger partial charge is 0.465 e. The first kappa shape index (κ1) is 21.4. The molecule has 0 aromatic heterocycles. The highest BCUT2D eigenvalue weighted by Gasteiger charge is 2.14. The number of esters is 1. The fourth-order valence-electron chi connectivity index (χ4n) is 2.62. The Balaban J connectivity index is 1.86. The van der Waals surface area contributed by atoms with Crippen molar-refractivity contribution in [1.29, 1.82) is 0 Å². The number of hydrogen-bond donors (Lipinski definition) is 2. The van der Waals surface area contributed by atoms with Crippen LogP contribution in [-0.4, -0.2) is 24.9 Å². The number of carbonyl (C=O) groups excluding carboxylic acids is 3. The summed E-state index contributed by atoms with van der Waals surface area (Å²) in [5.74, 6) is -1.41. The standard InChI is InChI=1S/C22H16Cl2N2O4/c1-30-22(29)15-10-18(25-20(27)13-2-6-16(23)7-3-13)12-19(11-15)26-21(28)14-4-8-17(24)9-5-14/h2-12H,1H3,(H,25,27)(H,26,28). The van der Waals surface area contributed by atoms with Crippen LogP contribution in [0.1, 0.15) is 31.1 Å². The first-order chi connectivity index (χ1) is 14.4. The molecule has 8 heteroatoms. The second kappa shape index (κ2) is 9.43. The van der Waals surface area contributed by atoms with Crippen molar-refractivity contribution in [2.45, 2.75) is 0 Å². The molecule has 30 heavy (non-hydrogen) atoms. The van der Waals surface area contributed by atoms with E-state index in [9.17, 15) is 14.4 Å². The van der Waals surface area contributed by atoms with E-state index in [2.05, 4.69) is 10.6 Å². The Hall–Kier alpha value is -3.35. The van der Waals surface area contributed by atoms with Crippen molar-refractivity contribution >= 4 is 52.4 Å². The van der Waals surface area contributed by atoms with E-state index in [1.54, 1.807) is 48.5 Å². The molecule has 0 heterocycles. The van der Waals surface area contributed by atoms with Crippen LogP contribution in [0.2, 0.25) is 10.0 Å². The number of methoxy groups -OCH3 is 1.